The summed E-state index contributed by atoms with van der Waals surface area (Å²) < 4.78 is 10.1. The van der Waals surface area contributed by atoms with Crippen LogP contribution in [0, 0.1) is 0 Å². The van der Waals surface area contributed by atoms with E-state index in [-0.39, 0.29) is 10.9 Å². The first kappa shape index (κ1) is 11.9. The Balaban J connectivity index is 2.75. The van der Waals surface area contributed by atoms with Crippen molar-refractivity contribution >= 4 is 17.4 Å². The number of pyridine rings is 1. The van der Waals surface area contributed by atoms with Gasteiger partial charge in [0.1, 0.15) is 23.2 Å². The van der Waals surface area contributed by atoms with Crippen molar-refractivity contribution in [3.05, 3.63) is 23.0 Å². The molecule has 5 heteroatoms. The first-order valence-electron chi connectivity index (χ1n) is 4.43. The van der Waals surface area contributed by atoms with Crippen molar-refractivity contribution < 1.29 is 14.3 Å². The molecule has 1 aromatic heterocycles. The minimum atomic E-state index is -0.144. The van der Waals surface area contributed by atoms with Gasteiger partial charge in [-0.1, -0.05) is 11.6 Å². The molecular weight excluding hydrogens is 218 g/mol. The Hall–Kier alpha value is -1.13. The lowest BCUT2D eigenvalue weighted by atomic mass is 10.2. The second-order valence-electron chi connectivity index (χ2n) is 2.91. The van der Waals surface area contributed by atoms with Gasteiger partial charge in [0.05, 0.1) is 6.61 Å². The van der Waals surface area contributed by atoms with Crippen LogP contribution in [0.4, 0.5) is 0 Å². The van der Waals surface area contributed by atoms with Gasteiger partial charge in [-0.05, 0) is 0 Å². The smallest absolute Gasteiger partial charge is 0.178 e. The highest BCUT2D eigenvalue weighted by Crippen LogP contribution is 2.17. The lowest BCUT2D eigenvalue weighted by Crippen LogP contribution is -2.05. The molecule has 0 atom stereocenters. The van der Waals surface area contributed by atoms with Gasteiger partial charge in [-0.15, -0.1) is 0 Å². The highest BCUT2D eigenvalue weighted by molar-refractivity contribution is 6.29. The quantitative estimate of drug-likeness (QED) is 0.440. The zero-order chi connectivity index (χ0) is 11.3. The second kappa shape index (κ2) is 5.68. The number of carbonyl (C=O) groups is 1. The molecule has 0 unspecified atom stereocenters. The summed E-state index contributed by atoms with van der Waals surface area (Å²) in [7, 11) is 1.59. The molecule has 0 aliphatic carbocycles. The molecule has 82 valence electrons. The van der Waals surface area contributed by atoms with Crippen molar-refractivity contribution in [2.45, 2.75) is 6.92 Å². The molecule has 0 saturated heterocycles. The highest BCUT2D eigenvalue weighted by atomic mass is 35.5. The van der Waals surface area contributed by atoms with Crippen molar-refractivity contribution in [1.82, 2.24) is 4.98 Å². The Kier molecular flexibility index (Phi) is 4.52. The van der Waals surface area contributed by atoms with Crippen LogP contribution in [-0.2, 0) is 4.74 Å². The SMILES string of the molecule is COCCOc1cc(Cl)nc(C(C)=O)c1. The molecule has 1 aromatic rings. The maximum atomic E-state index is 11.1. The summed E-state index contributed by atoms with van der Waals surface area (Å²) in [5, 5.41) is 0.245. The number of nitrogens with zero attached hydrogens (tertiary/aromatic N) is 1. The van der Waals surface area contributed by atoms with Crippen molar-refractivity contribution in [2.75, 3.05) is 20.3 Å². The molecule has 0 aliphatic rings. The average molecular weight is 230 g/mol. The molecule has 0 N–H and O–H groups in total. The van der Waals surface area contributed by atoms with Gasteiger partial charge in [-0.3, -0.25) is 4.79 Å². The molecule has 15 heavy (non-hydrogen) atoms. The molecule has 0 aliphatic heterocycles. The highest BCUT2D eigenvalue weighted by Gasteiger charge is 2.06. The predicted octanol–water partition coefficient (Wildman–Crippen LogP) is 1.96. The summed E-state index contributed by atoms with van der Waals surface area (Å²) in [5.41, 5.74) is 0.301. The van der Waals surface area contributed by atoms with Crippen molar-refractivity contribution in [2.24, 2.45) is 0 Å². The normalized spacial score (nSPS) is 10.1. The predicted molar refractivity (Wildman–Crippen MR) is 56.6 cm³/mol. The van der Waals surface area contributed by atoms with E-state index in [1.807, 2.05) is 0 Å². The zero-order valence-corrected chi connectivity index (χ0v) is 9.37. The van der Waals surface area contributed by atoms with Gasteiger partial charge in [-0.25, -0.2) is 4.98 Å². The lowest BCUT2D eigenvalue weighted by Gasteiger charge is -2.06. The third kappa shape index (κ3) is 3.85. The van der Waals surface area contributed by atoms with Crippen LogP contribution in [-0.4, -0.2) is 31.1 Å². The summed E-state index contributed by atoms with van der Waals surface area (Å²) in [6, 6.07) is 3.12. The topological polar surface area (TPSA) is 48.4 Å². The van der Waals surface area contributed by atoms with E-state index in [1.165, 1.54) is 6.92 Å². The Bertz CT molecular complexity index is 355. The molecule has 0 amide bonds. The number of Topliss-reactive ketones (excluding diaryl/α,β-unsaturated/α-hetero) is 1. The summed E-state index contributed by atoms with van der Waals surface area (Å²) >= 11 is 5.73. The molecule has 0 spiro atoms. The minimum absolute atomic E-state index is 0.144. The second-order valence-corrected chi connectivity index (χ2v) is 3.30. The van der Waals surface area contributed by atoms with Gasteiger partial charge < -0.3 is 9.47 Å². The Labute approximate surface area is 93.2 Å². The van der Waals surface area contributed by atoms with Gasteiger partial charge in [0.2, 0.25) is 0 Å². The third-order valence-corrected chi connectivity index (χ3v) is 1.88. The maximum Gasteiger partial charge on any atom is 0.178 e. The number of rotatable bonds is 5. The minimum Gasteiger partial charge on any atom is -0.491 e. The van der Waals surface area contributed by atoms with Crippen molar-refractivity contribution in [3.63, 3.8) is 0 Å². The van der Waals surface area contributed by atoms with Crippen LogP contribution in [0.3, 0.4) is 0 Å². The fraction of sp³-hybridized carbons (Fsp3) is 0.400. The van der Waals surface area contributed by atoms with E-state index in [2.05, 4.69) is 4.98 Å². The zero-order valence-electron chi connectivity index (χ0n) is 8.62. The van der Waals surface area contributed by atoms with Gasteiger partial charge in [0.25, 0.3) is 0 Å². The number of halogens is 1. The number of methoxy groups -OCH3 is 1. The van der Waals surface area contributed by atoms with E-state index < -0.39 is 0 Å². The standard InChI is InChI=1S/C10H12ClNO3/c1-7(13)9-5-8(6-10(11)12-9)15-4-3-14-2/h5-6H,3-4H2,1-2H3. The summed E-state index contributed by atoms with van der Waals surface area (Å²) in [4.78, 5) is 14.9. The van der Waals surface area contributed by atoms with Gasteiger partial charge >= 0.3 is 0 Å². The van der Waals surface area contributed by atoms with E-state index in [4.69, 9.17) is 21.1 Å². The van der Waals surface area contributed by atoms with Crippen LogP contribution in [0.1, 0.15) is 17.4 Å². The molecule has 4 nitrogen and oxygen atoms in total. The first-order chi connectivity index (χ1) is 7.13. The molecule has 0 radical (unpaired) electrons. The van der Waals surface area contributed by atoms with Gasteiger partial charge in [0.15, 0.2) is 5.78 Å². The van der Waals surface area contributed by atoms with E-state index in [0.717, 1.165) is 0 Å². The van der Waals surface area contributed by atoms with Crippen molar-refractivity contribution in [1.29, 1.82) is 0 Å². The number of aromatic nitrogens is 1. The van der Waals surface area contributed by atoms with Gasteiger partial charge in [-0.2, -0.15) is 0 Å². The fourth-order valence-corrected chi connectivity index (χ4v) is 1.18. The average Bonchev–Trinajstić information content (AvgIpc) is 2.17. The molecule has 0 aromatic carbocycles. The Morgan fingerprint density at radius 3 is 2.80 bits per heavy atom. The Morgan fingerprint density at radius 1 is 1.47 bits per heavy atom. The summed E-state index contributed by atoms with van der Waals surface area (Å²) in [6.45, 7) is 2.32. The number of ether oxygens (including phenoxy) is 2. The molecule has 0 saturated carbocycles. The largest absolute Gasteiger partial charge is 0.491 e. The van der Waals surface area contributed by atoms with Crippen LogP contribution in [0.25, 0.3) is 0 Å². The number of hydrogen-bond acceptors (Lipinski definition) is 4. The van der Waals surface area contributed by atoms with Crippen LogP contribution in [0.15, 0.2) is 12.1 Å². The van der Waals surface area contributed by atoms with Crippen LogP contribution < -0.4 is 4.74 Å². The van der Waals surface area contributed by atoms with E-state index in [9.17, 15) is 4.79 Å². The monoisotopic (exact) mass is 229 g/mol. The third-order valence-electron chi connectivity index (χ3n) is 1.68. The lowest BCUT2D eigenvalue weighted by molar-refractivity contribution is 0.101. The number of ketones is 1. The Morgan fingerprint density at radius 2 is 2.20 bits per heavy atom. The number of hydrogen-bond donors (Lipinski definition) is 0. The summed E-state index contributed by atoms with van der Waals surface area (Å²) in [6.07, 6.45) is 0. The van der Waals surface area contributed by atoms with E-state index in [1.54, 1.807) is 19.2 Å². The van der Waals surface area contributed by atoms with Gasteiger partial charge in [0, 0.05) is 26.2 Å². The molecule has 0 fully saturated rings. The van der Waals surface area contributed by atoms with Crippen LogP contribution in [0.2, 0.25) is 5.15 Å². The van der Waals surface area contributed by atoms with Crippen LogP contribution >= 0.6 is 11.6 Å². The van der Waals surface area contributed by atoms with E-state index >= 15 is 0 Å². The van der Waals surface area contributed by atoms with Crippen molar-refractivity contribution in [3.8, 4) is 5.75 Å². The first-order valence-corrected chi connectivity index (χ1v) is 4.81. The molecule has 1 rings (SSSR count). The molecule has 0 bridgehead atoms. The molecular formula is C10H12ClNO3. The fourth-order valence-electron chi connectivity index (χ4n) is 0.980. The molecule has 1 heterocycles. The summed E-state index contributed by atoms with van der Waals surface area (Å²) in [5.74, 6) is 0.381. The number of carbonyl (C=O) groups excluding carboxylic acids is 1. The van der Waals surface area contributed by atoms with Crippen LogP contribution in [0.5, 0.6) is 5.75 Å². The maximum absolute atomic E-state index is 11.1. The van der Waals surface area contributed by atoms with E-state index in [0.29, 0.717) is 24.7 Å².